The average Bonchev–Trinajstić information content (AvgIpc) is 2.80. The van der Waals surface area contributed by atoms with Crippen LogP contribution in [-0.4, -0.2) is 55.0 Å². The molecule has 0 aromatic heterocycles. The molecular formula is C25H32N4O4. The summed E-state index contributed by atoms with van der Waals surface area (Å²) in [5.41, 5.74) is 2.77. The van der Waals surface area contributed by atoms with Crippen LogP contribution in [0.15, 0.2) is 48.5 Å². The highest BCUT2D eigenvalue weighted by Crippen LogP contribution is 2.18. The molecule has 1 atom stereocenters. The van der Waals surface area contributed by atoms with E-state index in [4.69, 9.17) is 4.74 Å². The lowest BCUT2D eigenvalue weighted by Crippen LogP contribution is -2.53. The minimum Gasteiger partial charge on any atom is -0.497 e. The highest BCUT2D eigenvalue weighted by atomic mass is 16.5. The SMILES string of the molecule is COc1cccc(NC(=O)N2CCC(NC(=O)C(Cc3ccccc3C)NC(C)=O)CC2)c1. The number of aryl methyl sites for hydroxylation is 1. The molecule has 2 aromatic rings. The molecule has 2 aromatic carbocycles. The van der Waals surface area contributed by atoms with Gasteiger partial charge < -0.3 is 25.6 Å². The second kappa shape index (κ2) is 11.4. The minimum atomic E-state index is -0.641. The van der Waals surface area contributed by atoms with Crippen LogP contribution in [0.1, 0.15) is 30.9 Å². The molecule has 3 N–H and O–H groups in total. The Morgan fingerprint density at radius 3 is 2.48 bits per heavy atom. The number of carbonyl (C=O) groups is 3. The van der Waals surface area contributed by atoms with Crippen molar-refractivity contribution >= 4 is 23.5 Å². The highest BCUT2D eigenvalue weighted by molar-refractivity contribution is 5.90. The van der Waals surface area contributed by atoms with Crippen LogP contribution in [0.5, 0.6) is 5.75 Å². The maximum Gasteiger partial charge on any atom is 0.321 e. The van der Waals surface area contributed by atoms with E-state index in [1.54, 1.807) is 18.1 Å². The van der Waals surface area contributed by atoms with Crippen LogP contribution < -0.4 is 20.7 Å². The molecule has 1 fully saturated rings. The largest absolute Gasteiger partial charge is 0.497 e. The fourth-order valence-corrected chi connectivity index (χ4v) is 3.95. The zero-order valence-corrected chi connectivity index (χ0v) is 19.4. The molecule has 1 heterocycles. The minimum absolute atomic E-state index is 0.0495. The maximum absolute atomic E-state index is 12.9. The molecular weight excluding hydrogens is 420 g/mol. The maximum atomic E-state index is 12.9. The molecule has 1 aliphatic heterocycles. The summed E-state index contributed by atoms with van der Waals surface area (Å²) >= 11 is 0. The smallest absolute Gasteiger partial charge is 0.321 e. The van der Waals surface area contributed by atoms with Gasteiger partial charge in [-0.15, -0.1) is 0 Å². The molecule has 0 saturated carbocycles. The van der Waals surface area contributed by atoms with E-state index in [0.717, 1.165) is 11.1 Å². The van der Waals surface area contributed by atoms with Gasteiger partial charge in [0.15, 0.2) is 0 Å². The fourth-order valence-electron chi connectivity index (χ4n) is 3.95. The summed E-state index contributed by atoms with van der Waals surface area (Å²) in [7, 11) is 1.58. The van der Waals surface area contributed by atoms with Gasteiger partial charge >= 0.3 is 6.03 Å². The van der Waals surface area contributed by atoms with Gasteiger partial charge in [-0.05, 0) is 43.0 Å². The summed E-state index contributed by atoms with van der Waals surface area (Å²) in [6.07, 6.45) is 1.72. The molecule has 0 bridgehead atoms. The van der Waals surface area contributed by atoms with Gasteiger partial charge in [0.05, 0.1) is 7.11 Å². The number of nitrogens with zero attached hydrogens (tertiary/aromatic N) is 1. The van der Waals surface area contributed by atoms with Crippen molar-refractivity contribution in [1.82, 2.24) is 15.5 Å². The molecule has 1 aliphatic rings. The fraction of sp³-hybridized carbons (Fsp3) is 0.400. The van der Waals surface area contributed by atoms with Gasteiger partial charge in [0.2, 0.25) is 11.8 Å². The number of rotatable bonds is 7. The summed E-state index contributed by atoms with van der Waals surface area (Å²) in [4.78, 5) is 39.0. The number of hydrogen-bond donors (Lipinski definition) is 3. The first-order valence-corrected chi connectivity index (χ1v) is 11.2. The molecule has 1 saturated heterocycles. The summed E-state index contributed by atoms with van der Waals surface area (Å²) in [6.45, 7) is 4.47. The average molecular weight is 453 g/mol. The van der Waals surface area contributed by atoms with Crippen LogP contribution in [0.25, 0.3) is 0 Å². The van der Waals surface area contributed by atoms with Crippen LogP contribution >= 0.6 is 0 Å². The van der Waals surface area contributed by atoms with E-state index in [1.807, 2.05) is 49.4 Å². The lowest BCUT2D eigenvalue weighted by atomic mass is 9.99. The van der Waals surface area contributed by atoms with Gasteiger partial charge in [-0.25, -0.2) is 4.79 Å². The van der Waals surface area contributed by atoms with Gasteiger partial charge in [-0.3, -0.25) is 9.59 Å². The first kappa shape index (κ1) is 24.1. The number of anilines is 1. The zero-order valence-electron chi connectivity index (χ0n) is 19.4. The van der Waals surface area contributed by atoms with Crippen LogP contribution in [-0.2, 0) is 16.0 Å². The second-order valence-corrected chi connectivity index (χ2v) is 8.32. The van der Waals surface area contributed by atoms with Crippen molar-refractivity contribution in [2.75, 3.05) is 25.5 Å². The number of nitrogens with one attached hydrogen (secondary N) is 3. The molecule has 8 nitrogen and oxygen atoms in total. The van der Waals surface area contributed by atoms with Crippen LogP contribution in [0.3, 0.4) is 0 Å². The van der Waals surface area contributed by atoms with Crippen LogP contribution in [0.4, 0.5) is 10.5 Å². The van der Waals surface area contributed by atoms with Crippen molar-refractivity contribution in [2.24, 2.45) is 0 Å². The third kappa shape index (κ3) is 6.97. The van der Waals surface area contributed by atoms with E-state index >= 15 is 0 Å². The van der Waals surface area contributed by atoms with Crippen molar-refractivity contribution in [2.45, 2.75) is 45.2 Å². The van der Waals surface area contributed by atoms with E-state index in [-0.39, 0.29) is 23.9 Å². The Bertz CT molecular complexity index is 986. The molecule has 8 heteroatoms. The molecule has 0 aliphatic carbocycles. The summed E-state index contributed by atoms with van der Waals surface area (Å²) in [6, 6.07) is 14.2. The van der Waals surface area contributed by atoms with E-state index in [9.17, 15) is 14.4 Å². The Labute approximate surface area is 194 Å². The third-order valence-electron chi connectivity index (χ3n) is 5.83. The molecule has 0 spiro atoms. The monoisotopic (exact) mass is 452 g/mol. The second-order valence-electron chi connectivity index (χ2n) is 8.32. The zero-order chi connectivity index (χ0) is 23.8. The van der Waals surface area contributed by atoms with Gasteiger partial charge in [0.25, 0.3) is 0 Å². The quantitative estimate of drug-likeness (QED) is 0.601. The topological polar surface area (TPSA) is 99.8 Å². The standard InChI is InChI=1S/C25H32N4O4/c1-17-7-4-5-8-19(17)15-23(26-18(2)30)24(31)27-20-11-13-29(14-12-20)25(32)28-21-9-6-10-22(16-21)33-3/h4-10,16,20,23H,11-15H2,1-3H3,(H,26,30)(H,27,31)(H,28,32). The highest BCUT2D eigenvalue weighted by Gasteiger charge is 2.27. The molecule has 33 heavy (non-hydrogen) atoms. The van der Waals surface area contributed by atoms with E-state index in [2.05, 4.69) is 16.0 Å². The molecule has 4 amide bonds. The van der Waals surface area contributed by atoms with Crippen molar-refractivity contribution in [3.8, 4) is 5.75 Å². The Balaban J connectivity index is 1.52. The predicted octanol–water partition coefficient (Wildman–Crippen LogP) is 2.86. The van der Waals surface area contributed by atoms with Gasteiger partial charge in [-0.1, -0.05) is 30.3 Å². The molecule has 0 radical (unpaired) electrons. The van der Waals surface area contributed by atoms with E-state index in [1.165, 1.54) is 6.92 Å². The summed E-state index contributed by atoms with van der Waals surface area (Å²) in [5, 5.41) is 8.72. The first-order valence-electron chi connectivity index (χ1n) is 11.2. The Morgan fingerprint density at radius 2 is 1.82 bits per heavy atom. The van der Waals surface area contributed by atoms with Crippen molar-refractivity contribution in [3.63, 3.8) is 0 Å². The van der Waals surface area contributed by atoms with E-state index in [0.29, 0.717) is 43.8 Å². The summed E-state index contributed by atoms with van der Waals surface area (Å²) in [5.74, 6) is 0.231. The number of benzene rings is 2. The molecule has 176 valence electrons. The number of urea groups is 1. The van der Waals surface area contributed by atoms with Crippen LogP contribution in [0, 0.1) is 6.92 Å². The number of hydrogen-bond acceptors (Lipinski definition) is 4. The van der Waals surface area contributed by atoms with Crippen LogP contribution in [0.2, 0.25) is 0 Å². The molecule has 3 rings (SSSR count). The lowest BCUT2D eigenvalue weighted by molar-refractivity contribution is -0.128. The van der Waals surface area contributed by atoms with Gasteiger partial charge in [0, 0.05) is 44.2 Å². The normalized spacial score (nSPS) is 14.8. The Morgan fingerprint density at radius 1 is 1.09 bits per heavy atom. The number of carbonyl (C=O) groups excluding carboxylic acids is 3. The Hall–Kier alpha value is -3.55. The number of methoxy groups -OCH3 is 1. The Kier molecular flexibility index (Phi) is 8.29. The number of likely N-dealkylation sites (tertiary alicyclic amines) is 1. The van der Waals surface area contributed by atoms with Crippen molar-refractivity contribution < 1.29 is 19.1 Å². The number of ether oxygens (including phenoxy) is 1. The van der Waals surface area contributed by atoms with Crippen molar-refractivity contribution in [1.29, 1.82) is 0 Å². The number of amides is 4. The summed E-state index contributed by atoms with van der Waals surface area (Å²) < 4.78 is 5.19. The predicted molar refractivity (Wildman–Crippen MR) is 127 cm³/mol. The lowest BCUT2D eigenvalue weighted by Gasteiger charge is -2.33. The molecule has 1 unspecified atom stereocenters. The van der Waals surface area contributed by atoms with Gasteiger partial charge in [-0.2, -0.15) is 0 Å². The van der Waals surface area contributed by atoms with E-state index < -0.39 is 6.04 Å². The third-order valence-corrected chi connectivity index (χ3v) is 5.83. The van der Waals surface area contributed by atoms with Crippen molar-refractivity contribution in [3.05, 3.63) is 59.7 Å². The van der Waals surface area contributed by atoms with Gasteiger partial charge in [0.1, 0.15) is 11.8 Å². The first-order chi connectivity index (χ1) is 15.9. The number of piperidine rings is 1.